The van der Waals surface area contributed by atoms with Gasteiger partial charge in [0.2, 0.25) is 6.79 Å². The van der Waals surface area contributed by atoms with Crippen molar-refractivity contribution in [2.24, 2.45) is 14.1 Å². The molecule has 3 aliphatic heterocycles. The molecule has 0 unspecified atom stereocenters. The third-order valence-corrected chi connectivity index (χ3v) is 8.96. The van der Waals surface area contributed by atoms with E-state index < -0.39 is 0 Å². The zero-order valence-electron chi connectivity index (χ0n) is 23.2. The van der Waals surface area contributed by atoms with Crippen LogP contribution in [0.1, 0.15) is 49.4 Å². The van der Waals surface area contributed by atoms with Crippen LogP contribution in [-0.2, 0) is 14.1 Å². The standard InChI is InChI=1S/C31H36N6O2/c1-34-13-5-7-24(34)30-32-17-26(36(30)3)20-9-11-22-23-12-10-21(16-29(23)39-19-38-28(22)15-20)27-18-33-31(37(27)4)25-8-6-14-35(25)2/h9-12,15-18,24-25H,5-8,13-14,19H2,1-4H3/t24-,25-/m0/s1. The molecule has 4 aromatic rings. The van der Waals surface area contributed by atoms with Gasteiger partial charge in [-0.2, -0.15) is 0 Å². The maximum Gasteiger partial charge on any atom is 0.230 e. The highest BCUT2D eigenvalue weighted by atomic mass is 16.7. The summed E-state index contributed by atoms with van der Waals surface area (Å²) >= 11 is 0. The first kappa shape index (κ1) is 24.4. The third-order valence-electron chi connectivity index (χ3n) is 8.96. The maximum absolute atomic E-state index is 6.13. The molecule has 2 aromatic carbocycles. The predicted octanol–water partition coefficient (Wildman–Crippen LogP) is 5.42. The van der Waals surface area contributed by atoms with E-state index in [4.69, 9.17) is 19.4 Å². The Morgan fingerprint density at radius 3 is 1.54 bits per heavy atom. The fraction of sp³-hybridized carbons (Fsp3) is 0.419. The van der Waals surface area contributed by atoms with Crippen LogP contribution in [0.15, 0.2) is 48.8 Å². The Labute approximate surface area is 229 Å². The largest absolute Gasteiger partial charge is 0.457 e. The quantitative estimate of drug-likeness (QED) is 0.356. The minimum Gasteiger partial charge on any atom is -0.457 e. The Morgan fingerprint density at radius 2 is 1.13 bits per heavy atom. The van der Waals surface area contributed by atoms with Crippen LogP contribution in [0, 0.1) is 0 Å². The van der Waals surface area contributed by atoms with Crippen molar-refractivity contribution in [3.63, 3.8) is 0 Å². The lowest BCUT2D eigenvalue weighted by molar-refractivity contribution is 0.125. The number of rotatable bonds is 4. The van der Waals surface area contributed by atoms with Gasteiger partial charge < -0.3 is 18.6 Å². The van der Waals surface area contributed by atoms with E-state index in [0.29, 0.717) is 12.1 Å². The second kappa shape index (κ2) is 9.54. The molecular formula is C31H36N6O2. The van der Waals surface area contributed by atoms with E-state index >= 15 is 0 Å². The summed E-state index contributed by atoms with van der Waals surface area (Å²) in [4.78, 5) is 14.4. The molecule has 0 aliphatic carbocycles. The van der Waals surface area contributed by atoms with Gasteiger partial charge in [0.15, 0.2) is 0 Å². The van der Waals surface area contributed by atoms with Crippen LogP contribution in [0.5, 0.6) is 11.5 Å². The Hall–Kier alpha value is -3.62. The van der Waals surface area contributed by atoms with Gasteiger partial charge >= 0.3 is 0 Å². The first-order chi connectivity index (χ1) is 19.0. The average molecular weight is 525 g/mol. The average Bonchev–Trinajstić information content (AvgIpc) is 3.70. The number of aromatic nitrogens is 4. The molecule has 0 amide bonds. The minimum absolute atomic E-state index is 0.167. The van der Waals surface area contributed by atoms with Crippen molar-refractivity contribution in [2.75, 3.05) is 34.0 Å². The second-order valence-corrected chi connectivity index (χ2v) is 11.2. The van der Waals surface area contributed by atoms with Crippen LogP contribution in [0.25, 0.3) is 33.6 Å². The zero-order chi connectivity index (χ0) is 26.7. The van der Waals surface area contributed by atoms with E-state index in [0.717, 1.165) is 82.7 Å². The van der Waals surface area contributed by atoms with E-state index in [1.165, 1.54) is 12.8 Å². The van der Waals surface area contributed by atoms with Gasteiger partial charge in [-0.1, -0.05) is 12.1 Å². The molecule has 0 saturated carbocycles. The van der Waals surface area contributed by atoms with Crippen molar-refractivity contribution < 1.29 is 9.47 Å². The summed E-state index contributed by atoms with van der Waals surface area (Å²) in [6.07, 6.45) is 8.72. The molecule has 2 saturated heterocycles. The highest BCUT2D eigenvalue weighted by molar-refractivity contribution is 5.82. The molecule has 2 fully saturated rings. The molecule has 202 valence electrons. The highest BCUT2D eigenvalue weighted by Gasteiger charge is 2.29. The van der Waals surface area contributed by atoms with E-state index in [2.05, 4.69) is 83.5 Å². The van der Waals surface area contributed by atoms with Crippen LogP contribution < -0.4 is 9.47 Å². The summed E-state index contributed by atoms with van der Waals surface area (Å²) in [5, 5.41) is 0. The van der Waals surface area contributed by atoms with Crippen molar-refractivity contribution in [1.82, 2.24) is 28.9 Å². The smallest absolute Gasteiger partial charge is 0.230 e. The number of hydrogen-bond donors (Lipinski definition) is 0. The molecule has 0 radical (unpaired) electrons. The van der Waals surface area contributed by atoms with Gasteiger partial charge in [0.1, 0.15) is 23.1 Å². The number of benzene rings is 2. The number of hydrogen-bond acceptors (Lipinski definition) is 6. The zero-order valence-corrected chi connectivity index (χ0v) is 23.2. The molecule has 0 N–H and O–H groups in total. The van der Waals surface area contributed by atoms with Crippen LogP contribution in [0.2, 0.25) is 0 Å². The van der Waals surface area contributed by atoms with Crippen molar-refractivity contribution in [1.29, 1.82) is 0 Å². The summed E-state index contributed by atoms with van der Waals surface area (Å²) in [5.41, 5.74) is 6.45. The molecule has 2 atom stereocenters. The first-order valence-corrected chi connectivity index (χ1v) is 14.0. The Bertz CT molecular complexity index is 1420. The van der Waals surface area contributed by atoms with Crippen LogP contribution in [0.3, 0.4) is 0 Å². The van der Waals surface area contributed by atoms with Gasteiger partial charge in [-0.05, 0) is 77.1 Å². The fourth-order valence-corrected chi connectivity index (χ4v) is 6.68. The van der Waals surface area contributed by atoms with E-state index in [1.54, 1.807) is 0 Å². The molecule has 0 spiro atoms. The monoisotopic (exact) mass is 524 g/mol. The van der Waals surface area contributed by atoms with Crippen molar-refractivity contribution >= 4 is 0 Å². The predicted molar refractivity (Wildman–Crippen MR) is 152 cm³/mol. The van der Waals surface area contributed by atoms with Crippen LogP contribution >= 0.6 is 0 Å². The molecule has 3 aliphatic rings. The summed E-state index contributed by atoms with van der Waals surface area (Å²) in [6, 6.07) is 13.6. The molecule has 7 rings (SSSR count). The van der Waals surface area contributed by atoms with Crippen LogP contribution in [-0.4, -0.2) is 62.9 Å². The third kappa shape index (κ3) is 4.05. The van der Waals surface area contributed by atoms with Gasteiger partial charge in [-0.3, -0.25) is 9.80 Å². The summed E-state index contributed by atoms with van der Waals surface area (Å²) in [7, 11) is 8.61. The number of ether oxygens (including phenoxy) is 2. The number of fused-ring (bicyclic) bond motifs is 3. The van der Waals surface area contributed by atoms with E-state index in [-0.39, 0.29) is 6.79 Å². The number of nitrogens with zero attached hydrogens (tertiary/aromatic N) is 6. The Morgan fingerprint density at radius 1 is 0.667 bits per heavy atom. The number of imidazole rings is 2. The molecule has 2 aromatic heterocycles. The van der Waals surface area contributed by atoms with Gasteiger partial charge in [-0.15, -0.1) is 0 Å². The van der Waals surface area contributed by atoms with Crippen molar-refractivity contribution in [3.05, 3.63) is 60.4 Å². The minimum atomic E-state index is 0.167. The highest BCUT2D eigenvalue weighted by Crippen LogP contribution is 2.43. The van der Waals surface area contributed by atoms with Gasteiger partial charge in [0, 0.05) is 36.3 Å². The lowest BCUT2D eigenvalue weighted by Gasteiger charge is -2.19. The lowest BCUT2D eigenvalue weighted by Crippen LogP contribution is -2.20. The van der Waals surface area contributed by atoms with Gasteiger partial charge in [0.05, 0.1) is 35.9 Å². The normalized spacial score (nSPS) is 21.3. The van der Waals surface area contributed by atoms with E-state index in [9.17, 15) is 0 Å². The second-order valence-electron chi connectivity index (χ2n) is 11.2. The first-order valence-electron chi connectivity index (χ1n) is 14.0. The van der Waals surface area contributed by atoms with E-state index in [1.807, 2.05) is 12.4 Å². The summed E-state index contributed by atoms with van der Waals surface area (Å²) in [5.74, 6) is 3.90. The summed E-state index contributed by atoms with van der Waals surface area (Å²) in [6.45, 7) is 2.42. The van der Waals surface area contributed by atoms with Gasteiger partial charge in [-0.25, -0.2) is 9.97 Å². The summed E-state index contributed by atoms with van der Waals surface area (Å²) < 4.78 is 16.7. The SMILES string of the molecule is CN1CCC[C@H]1c1ncc(-c2ccc3c(c2)OCOc2cc(-c4cnc([C@@H]5CCCN5C)n4C)ccc2-3)n1C. The maximum atomic E-state index is 6.13. The molecule has 0 bridgehead atoms. The number of likely N-dealkylation sites (tertiary alicyclic amines) is 2. The molecular weight excluding hydrogens is 488 g/mol. The van der Waals surface area contributed by atoms with Crippen molar-refractivity contribution in [3.8, 4) is 45.1 Å². The molecule has 5 heterocycles. The topological polar surface area (TPSA) is 60.6 Å². The van der Waals surface area contributed by atoms with Crippen LogP contribution in [0.4, 0.5) is 0 Å². The molecule has 8 heteroatoms. The van der Waals surface area contributed by atoms with Crippen molar-refractivity contribution in [2.45, 2.75) is 37.8 Å². The fourth-order valence-electron chi connectivity index (χ4n) is 6.68. The Kier molecular flexibility index (Phi) is 5.97. The lowest BCUT2D eigenvalue weighted by atomic mass is 9.98. The Balaban J connectivity index is 1.20. The molecule has 39 heavy (non-hydrogen) atoms. The molecule has 8 nitrogen and oxygen atoms in total. The van der Waals surface area contributed by atoms with Gasteiger partial charge in [0.25, 0.3) is 0 Å².